The quantitative estimate of drug-likeness (QED) is 0.599. The molecule has 0 spiro atoms. The van der Waals surface area contributed by atoms with Crippen molar-refractivity contribution < 1.29 is 19.5 Å². The van der Waals surface area contributed by atoms with Crippen molar-refractivity contribution in [1.82, 2.24) is 20.4 Å². The summed E-state index contributed by atoms with van der Waals surface area (Å²) in [5.74, 6) is -0.843. The predicted octanol–water partition coefficient (Wildman–Crippen LogP) is -0.788. The molecule has 0 radical (unpaired) electrons. The molecule has 1 unspecified atom stereocenters. The van der Waals surface area contributed by atoms with Crippen molar-refractivity contribution in [3.63, 3.8) is 0 Å². The van der Waals surface area contributed by atoms with E-state index >= 15 is 0 Å². The number of hydrogen-bond donors (Lipinski definition) is 3. The van der Waals surface area contributed by atoms with Crippen molar-refractivity contribution in [3.05, 3.63) is 34.9 Å². The molecular weight excluding hydrogens is 348 g/mol. The molecule has 0 bridgehead atoms. The molecule has 4 rings (SSSR count). The topological polar surface area (TPSA) is 102 Å². The van der Waals surface area contributed by atoms with E-state index in [-0.39, 0.29) is 24.3 Å². The molecular formula is C19H24N4O4. The number of aliphatic hydroxyl groups is 1. The lowest BCUT2D eigenvalue weighted by Gasteiger charge is -2.29. The Bertz CT molecular complexity index is 796. The molecule has 2 saturated heterocycles. The Labute approximate surface area is 157 Å². The van der Waals surface area contributed by atoms with Gasteiger partial charge >= 0.3 is 0 Å². The molecule has 8 heteroatoms. The monoisotopic (exact) mass is 372 g/mol. The van der Waals surface area contributed by atoms with Crippen molar-refractivity contribution in [2.75, 3.05) is 20.1 Å². The fraction of sp³-hybridized carbons (Fsp3) is 0.526. The lowest BCUT2D eigenvalue weighted by molar-refractivity contribution is -0.136. The minimum atomic E-state index is -0.603. The van der Waals surface area contributed by atoms with Gasteiger partial charge in [-0.3, -0.25) is 24.6 Å². The van der Waals surface area contributed by atoms with Crippen LogP contribution >= 0.6 is 0 Å². The van der Waals surface area contributed by atoms with Crippen molar-refractivity contribution >= 4 is 17.7 Å². The second kappa shape index (κ2) is 7.03. The molecule has 3 heterocycles. The molecule has 1 aromatic carbocycles. The summed E-state index contributed by atoms with van der Waals surface area (Å²) < 4.78 is 0. The maximum Gasteiger partial charge on any atom is 0.255 e. The molecule has 3 aliphatic heterocycles. The van der Waals surface area contributed by atoms with Crippen LogP contribution in [-0.2, 0) is 22.7 Å². The summed E-state index contributed by atoms with van der Waals surface area (Å²) in [6.07, 6.45) is 0.200. The average Bonchev–Trinajstić information content (AvgIpc) is 3.20. The summed E-state index contributed by atoms with van der Waals surface area (Å²) in [6, 6.07) is 5.07. The second-order valence-corrected chi connectivity index (χ2v) is 7.55. The molecule has 3 N–H and O–H groups in total. The van der Waals surface area contributed by atoms with E-state index in [1.165, 1.54) is 0 Å². The fourth-order valence-corrected chi connectivity index (χ4v) is 4.28. The normalized spacial score (nSPS) is 28.0. The smallest absolute Gasteiger partial charge is 0.255 e. The van der Waals surface area contributed by atoms with E-state index in [4.69, 9.17) is 0 Å². The van der Waals surface area contributed by atoms with Crippen LogP contribution in [0.5, 0.6) is 0 Å². The highest BCUT2D eigenvalue weighted by Gasteiger charge is 2.40. The SMILES string of the molecule is CN(Cc1cccc2c1CN(C1CCC(=O)NC1=O)C2=O)[C@@H]1CNC[C@H]1O. The molecule has 3 atom stereocenters. The van der Waals surface area contributed by atoms with Crippen LogP contribution in [-0.4, -0.2) is 71.0 Å². The molecule has 8 nitrogen and oxygen atoms in total. The molecule has 144 valence electrons. The maximum absolute atomic E-state index is 12.9. The Kier molecular flexibility index (Phi) is 4.71. The van der Waals surface area contributed by atoms with Gasteiger partial charge in [-0.05, 0) is 30.7 Å². The van der Waals surface area contributed by atoms with Crippen LogP contribution in [0.3, 0.4) is 0 Å². The molecule has 2 fully saturated rings. The number of likely N-dealkylation sites (N-methyl/N-ethyl adjacent to an activating group) is 1. The number of piperidine rings is 1. The van der Waals surface area contributed by atoms with Crippen LogP contribution < -0.4 is 10.6 Å². The van der Waals surface area contributed by atoms with Crippen molar-refractivity contribution in [1.29, 1.82) is 0 Å². The summed E-state index contributed by atoms with van der Waals surface area (Å²) in [4.78, 5) is 40.1. The zero-order valence-corrected chi connectivity index (χ0v) is 15.3. The fourth-order valence-electron chi connectivity index (χ4n) is 4.28. The van der Waals surface area contributed by atoms with Gasteiger partial charge in [0.25, 0.3) is 5.91 Å². The van der Waals surface area contributed by atoms with Crippen molar-refractivity contribution in [2.24, 2.45) is 0 Å². The lowest BCUT2D eigenvalue weighted by atomic mass is 10.0. The van der Waals surface area contributed by atoms with E-state index in [0.29, 0.717) is 31.6 Å². The Morgan fingerprint density at radius 3 is 2.78 bits per heavy atom. The number of hydrogen-bond acceptors (Lipinski definition) is 6. The predicted molar refractivity (Wildman–Crippen MR) is 96.6 cm³/mol. The number of carbonyl (C=O) groups is 3. The first kappa shape index (κ1) is 18.1. The van der Waals surface area contributed by atoms with E-state index in [9.17, 15) is 19.5 Å². The van der Waals surface area contributed by atoms with E-state index in [0.717, 1.165) is 17.7 Å². The summed E-state index contributed by atoms with van der Waals surface area (Å²) in [6.45, 7) is 2.30. The number of nitrogens with zero attached hydrogens (tertiary/aromatic N) is 2. The number of benzene rings is 1. The number of rotatable bonds is 4. The average molecular weight is 372 g/mol. The van der Waals surface area contributed by atoms with Gasteiger partial charge in [0.15, 0.2) is 0 Å². The van der Waals surface area contributed by atoms with Gasteiger partial charge in [0.05, 0.1) is 6.10 Å². The number of carbonyl (C=O) groups excluding carboxylic acids is 3. The van der Waals surface area contributed by atoms with Gasteiger partial charge in [-0.2, -0.15) is 0 Å². The molecule has 27 heavy (non-hydrogen) atoms. The van der Waals surface area contributed by atoms with Gasteiger partial charge in [0.1, 0.15) is 6.04 Å². The zero-order valence-electron chi connectivity index (χ0n) is 15.3. The first-order valence-electron chi connectivity index (χ1n) is 9.30. The number of fused-ring (bicyclic) bond motifs is 1. The first-order valence-corrected chi connectivity index (χ1v) is 9.30. The standard InChI is InChI=1S/C19H24N4O4/c1-22(15-7-20-8-16(15)24)9-11-3-2-4-12-13(11)10-23(19(12)27)14-5-6-17(25)21-18(14)26/h2-4,14-16,20,24H,5-10H2,1H3,(H,21,25,26)/t14?,15-,16-/m1/s1. The van der Waals surface area contributed by atoms with E-state index in [1.54, 1.807) is 11.0 Å². The Morgan fingerprint density at radius 1 is 1.26 bits per heavy atom. The lowest BCUT2D eigenvalue weighted by Crippen LogP contribution is -2.52. The Balaban J connectivity index is 1.54. The molecule has 3 aliphatic rings. The summed E-state index contributed by atoms with van der Waals surface area (Å²) in [7, 11) is 1.97. The summed E-state index contributed by atoms with van der Waals surface area (Å²) in [5.41, 5.74) is 2.58. The van der Waals surface area contributed by atoms with Crippen LogP contribution in [0.25, 0.3) is 0 Å². The highest BCUT2D eigenvalue weighted by atomic mass is 16.3. The van der Waals surface area contributed by atoms with Crippen molar-refractivity contribution in [3.8, 4) is 0 Å². The summed E-state index contributed by atoms with van der Waals surface area (Å²) in [5, 5.41) is 15.6. The van der Waals surface area contributed by atoms with Crippen LogP contribution in [0.4, 0.5) is 0 Å². The maximum atomic E-state index is 12.9. The van der Waals surface area contributed by atoms with Gasteiger partial charge in [0.2, 0.25) is 11.8 Å². The molecule has 0 saturated carbocycles. The number of aliphatic hydroxyl groups excluding tert-OH is 1. The van der Waals surface area contributed by atoms with E-state index in [1.807, 2.05) is 19.2 Å². The van der Waals surface area contributed by atoms with Gasteiger partial charge in [-0.15, -0.1) is 0 Å². The minimum Gasteiger partial charge on any atom is -0.390 e. The van der Waals surface area contributed by atoms with E-state index in [2.05, 4.69) is 15.5 Å². The zero-order chi connectivity index (χ0) is 19.1. The summed E-state index contributed by atoms with van der Waals surface area (Å²) >= 11 is 0. The van der Waals surface area contributed by atoms with E-state index < -0.39 is 18.1 Å². The molecule has 0 aromatic heterocycles. The second-order valence-electron chi connectivity index (χ2n) is 7.55. The number of nitrogens with one attached hydrogen (secondary N) is 2. The Hall–Kier alpha value is -2.29. The Morgan fingerprint density at radius 2 is 2.07 bits per heavy atom. The first-order chi connectivity index (χ1) is 13.0. The third-order valence-corrected chi connectivity index (χ3v) is 5.82. The van der Waals surface area contributed by atoms with Crippen molar-refractivity contribution in [2.45, 2.75) is 44.1 Å². The highest BCUT2D eigenvalue weighted by Crippen LogP contribution is 2.30. The van der Waals surface area contributed by atoms with Gasteiger partial charge in [-0.1, -0.05) is 12.1 Å². The number of β-amino-alcohol motifs (C(OH)–C–C–N with tert-alkyl or cyclic N) is 1. The molecule has 0 aliphatic carbocycles. The largest absolute Gasteiger partial charge is 0.390 e. The molecule has 3 amide bonds. The van der Waals surface area contributed by atoms with Gasteiger partial charge in [0, 0.05) is 44.2 Å². The molecule has 1 aromatic rings. The van der Waals surface area contributed by atoms with Gasteiger partial charge < -0.3 is 15.3 Å². The van der Waals surface area contributed by atoms with Crippen LogP contribution in [0.2, 0.25) is 0 Å². The number of amides is 3. The van der Waals surface area contributed by atoms with Crippen LogP contribution in [0.1, 0.15) is 34.3 Å². The van der Waals surface area contributed by atoms with Crippen LogP contribution in [0.15, 0.2) is 18.2 Å². The third-order valence-electron chi connectivity index (χ3n) is 5.82. The number of imide groups is 1. The highest BCUT2D eigenvalue weighted by molar-refractivity contribution is 6.05. The minimum absolute atomic E-state index is 0.0317. The third kappa shape index (κ3) is 3.24. The van der Waals surface area contributed by atoms with Crippen LogP contribution in [0, 0.1) is 0 Å². The van der Waals surface area contributed by atoms with Gasteiger partial charge in [-0.25, -0.2) is 0 Å².